The third kappa shape index (κ3) is 1.50. The van der Waals surface area contributed by atoms with Crippen LogP contribution in [0.15, 0.2) is 18.3 Å². The summed E-state index contributed by atoms with van der Waals surface area (Å²) in [6, 6.07) is 4.24. The number of nitrogens with two attached hydrogens (primary N) is 1. The zero-order valence-electron chi connectivity index (χ0n) is 8.58. The lowest BCUT2D eigenvalue weighted by molar-refractivity contribution is 0.685. The van der Waals surface area contributed by atoms with E-state index in [-0.39, 0.29) is 5.54 Å². The summed E-state index contributed by atoms with van der Waals surface area (Å²) < 4.78 is 0. The van der Waals surface area contributed by atoms with Crippen molar-refractivity contribution in [2.24, 2.45) is 5.73 Å². The predicted molar refractivity (Wildman–Crippen MR) is 61.7 cm³/mol. The molecule has 0 bridgehead atoms. The summed E-state index contributed by atoms with van der Waals surface area (Å²) in [5, 5.41) is 0. The molecule has 0 radical (unpaired) electrons. The lowest BCUT2D eigenvalue weighted by Gasteiger charge is -2.02. The highest BCUT2D eigenvalue weighted by molar-refractivity contribution is 7.15. The molecule has 3 nitrogen and oxygen atoms in total. The van der Waals surface area contributed by atoms with Crippen LogP contribution in [0.2, 0.25) is 0 Å². The van der Waals surface area contributed by atoms with Crippen molar-refractivity contribution >= 4 is 11.3 Å². The number of thiophene rings is 1. The summed E-state index contributed by atoms with van der Waals surface area (Å²) in [5.74, 6) is 0.934. The molecule has 15 heavy (non-hydrogen) atoms. The molecule has 0 aromatic carbocycles. The Bertz CT molecular complexity index is 493. The number of rotatable bonds is 2. The Morgan fingerprint density at radius 2 is 2.27 bits per heavy atom. The molecule has 4 heteroatoms. The molecule has 1 aliphatic rings. The van der Waals surface area contributed by atoms with Gasteiger partial charge in [0.05, 0.1) is 22.3 Å². The van der Waals surface area contributed by atoms with E-state index in [9.17, 15) is 0 Å². The molecule has 0 amide bonds. The molecule has 0 saturated heterocycles. The number of aromatic nitrogens is 2. The third-order valence-electron chi connectivity index (χ3n) is 2.84. The Labute approximate surface area is 92.4 Å². The van der Waals surface area contributed by atoms with E-state index < -0.39 is 0 Å². The molecule has 0 unspecified atom stereocenters. The van der Waals surface area contributed by atoms with Crippen LogP contribution in [-0.4, -0.2) is 9.97 Å². The van der Waals surface area contributed by atoms with E-state index in [1.54, 1.807) is 11.3 Å². The van der Waals surface area contributed by atoms with E-state index in [0.717, 1.165) is 24.4 Å². The van der Waals surface area contributed by atoms with Crippen LogP contribution in [-0.2, 0) is 5.54 Å². The molecule has 0 atom stereocenters. The maximum Gasteiger partial charge on any atom is 0.126 e. The molecule has 3 rings (SSSR count). The maximum atomic E-state index is 6.07. The van der Waals surface area contributed by atoms with Gasteiger partial charge in [-0.25, -0.2) is 4.98 Å². The van der Waals surface area contributed by atoms with Crippen molar-refractivity contribution in [3.63, 3.8) is 0 Å². The van der Waals surface area contributed by atoms with Gasteiger partial charge in [0.15, 0.2) is 0 Å². The molecule has 1 aliphatic carbocycles. The van der Waals surface area contributed by atoms with Crippen molar-refractivity contribution in [1.29, 1.82) is 0 Å². The van der Waals surface area contributed by atoms with Crippen molar-refractivity contribution in [3.05, 3.63) is 29.0 Å². The van der Waals surface area contributed by atoms with Gasteiger partial charge in [-0.15, -0.1) is 11.3 Å². The molecule has 0 spiro atoms. The predicted octanol–water partition coefficient (Wildman–Crippen LogP) is 2.39. The summed E-state index contributed by atoms with van der Waals surface area (Å²) in [5.41, 5.74) is 7.00. The second kappa shape index (κ2) is 2.93. The van der Waals surface area contributed by atoms with E-state index in [0.29, 0.717) is 0 Å². The minimum atomic E-state index is -0.162. The number of nitrogens with zero attached hydrogens (tertiary/aromatic N) is 1. The topological polar surface area (TPSA) is 54.7 Å². The first-order valence-corrected chi connectivity index (χ1v) is 5.90. The standard InChI is InChI=1S/C11H13N3S/c1-7-2-3-9(15-7)8-6-13-10(14-8)11(12)4-5-11/h2-3,6H,4-5,12H2,1H3,(H,13,14). The van der Waals surface area contributed by atoms with Gasteiger partial charge in [-0.05, 0) is 31.9 Å². The quantitative estimate of drug-likeness (QED) is 0.814. The van der Waals surface area contributed by atoms with Crippen LogP contribution in [0.3, 0.4) is 0 Å². The van der Waals surface area contributed by atoms with Gasteiger partial charge in [0, 0.05) is 4.88 Å². The average molecular weight is 219 g/mol. The fourth-order valence-corrected chi connectivity index (χ4v) is 2.48. The normalized spacial score (nSPS) is 18.0. The summed E-state index contributed by atoms with van der Waals surface area (Å²) in [6.45, 7) is 2.11. The van der Waals surface area contributed by atoms with Gasteiger partial charge in [0.1, 0.15) is 5.82 Å². The Hall–Kier alpha value is -1.13. The van der Waals surface area contributed by atoms with Crippen molar-refractivity contribution in [3.8, 4) is 10.6 Å². The first-order chi connectivity index (χ1) is 7.17. The van der Waals surface area contributed by atoms with E-state index in [1.165, 1.54) is 9.75 Å². The number of aromatic amines is 1. The second-order valence-electron chi connectivity index (χ2n) is 4.21. The molecule has 2 aromatic rings. The van der Waals surface area contributed by atoms with Crippen LogP contribution < -0.4 is 5.73 Å². The third-order valence-corrected chi connectivity index (χ3v) is 3.88. The summed E-state index contributed by atoms with van der Waals surface area (Å²) in [6.07, 6.45) is 3.97. The Balaban J connectivity index is 1.97. The van der Waals surface area contributed by atoms with Gasteiger partial charge in [-0.3, -0.25) is 0 Å². The van der Waals surface area contributed by atoms with E-state index in [2.05, 4.69) is 29.0 Å². The smallest absolute Gasteiger partial charge is 0.126 e. The lowest BCUT2D eigenvalue weighted by Crippen LogP contribution is -2.20. The highest BCUT2D eigenvalue weighted by Crippen LogP contribution is 2.41. The Morgan fingerprint density at radius 1 is 1.47 bits per heavy atom. The summed E-state index contributed by atoms with van der Waals surface area (Å²) >= 11 is 1.77. The van der Waals surface area contributed by atoms with Gasteiger partial charge >= 0.3 is 0 Å². The van der Waals surface area contributed by atoms with E-state index in [1.807, 2.05) is 6.20 Å². The second-order valence-corrected chi connectivity index (χ2v) is 5.50. The minimum absolute atomic E-state index is 0.162. The van der Waals surface area contributed by atoms with Crippen LogP contribution in [0.1, 0.15) is 23.5 Å². The van der Waals surface area contributed by atoms with Crippen molar-refractivity contribution < 1.29 is 0 Å². The molecule has 1 fully saturated rings. The van der Waals surface area contributed by atoms with Crippen LogP contribution in [0, 0.1) is 6.92 Å². The first kappa shape index (κ1) is 9.12. The first-order valence-electron chi connectivity index (χ1n) is 5.09. The number of H-pyrrole nitrogens is 1. The van der Waals surface area contributed by atoms with Crippen LogP contribution in [0.4, 0.5) is 0 Å². The highest BCUT2D eigenvalue weighted by atomic mass is 32.1. The van der Waals surface area contributed by atoms with Crippen molar-refractivity contribution in [1.82, 2.24) is 9.97 Å². The average Bonchev–Trinajstić information content (AvgIpc) is 2.72. The number of hydrogen-bond acceptors (Lipinski definition) is 3. The number of hydrogen-bond donors (Lipinski definition) is 2. The molecule has 78 valence electrons. The number of imidazole rings is 1. The lowest BCUT2D eigenvalue weighted by atomic mass is 10.3. The zero-order valence-corrected chi connectivity index (χ0v) is 9.40. The maximum absolute atomic E-state index is 6.07. The molecule has 2 aromatic heterocycles. The minimum Gasteiger partial charge on any atom is -0.340 e. The fraction of sp³-hybridized carbons (Fsp3) is 0.364. The molecular formula is C11H13N3S. The zero-order chi connectivity index (χ0) is 10.5. The highest BCUT2D eigenvalue weighted by Gasteiger charge is 2.42. The van der Waals surface area contributed by atoms with E-state index >= 15 is 0 Å². The van der Waals surface area contributed by atoms with Gasteiger partial charge in [-0.2, -0.15) is 0 Å². The molecule has 3 N–H and O–H groups in total. The van der Waals surface area contributed by atoms with Gasteiger partial charge in [-0.1, -0.05) is 0 Å². The number of nitrogens with one attached hydrogen (secondary N) is 1. The molecule has 2 heterocycles. The summed E-state index contributed by atoms with van der Waals surface area (Å²) in [4.78, 5) is 10.2. The van der Waals surface area contributed by atoms with Gasteiger partial charge < -0.3 is 10.7 Å². The van der Waals surface area contributed by atoms with Gasteiger partial charge in [0.2, 0.25) is 0 Å². The SMILES string of the molecule is Cc1ccc(-c2cnc(C3(N)CC3)[nH]2)s1. The monoisotopic (exact) mass is 219 g/mol. The number of aryl methyl sites for hydroxylation is 1. The Kier molecular flexibility index (Phi) is 1.78. The van der Waals surface area contributed by atoms with Crippen molar-refractivity contribution in [2.75, 3.05) is 0 Å². The molecule has 1 saturated carbocycles. The largest absolute Gasteiger partial charge is 0.340 e. The van der Waals surface area contributed by atoms with Crippen LogP contribution in [0.5, 0.6) is 0 Å². The van der Waals surface area contributed by atoms with Crippen LogP contribution in [0.25, 0.3) is 10.6 Å². The fourth-order valence-electron chi connectivity index (χ4n) is 1.65. The van der Waals surface area contributed by atoms with Gasteiger partial charge in [0.25, 0.3) is 0 Å². The molecular weight excluding hydrogens is 206 g/mol. The molecule has 0 aliphatic heterocycles. The van der Waals surface area contributed by atoms with Crippen LogP contribution >= 0.6 is 11.3 Å². The summed E-state index contributed by atoms with van der Waals surface area (Å²) in [7, 11) is 0. The van der Waals surface area contributed by atoms with Crippen molar-refractivity contribution in [2.45, 2.75) is 25.3 Å². The van der Waals surface area contributed by atoms with E-state index in [4.69, 9.17) is 5.73 Å². The Morgan fingerprint density at radius 3 is 2.87 bits per heavy atom.